The van der Waals surface area contributed by atoms with Crippen molar-refractivity contribution in [1.82, 2.24) is 5.32 Å². The Balaban J connectivity index is 2.24. The monoisotopic (exact) mass is 422 g/mol. The smallest absolute Gasteiger partial charge is 0.263 e. The Kier molecular flexibility index (Phi) is 5.42. The lowest BCUT2D eigenvalue weighted by Gasteiger charge is -2.09. The van der Waals surface area contributed by atoms with Crippen LogP contribution in [0.15, 0.2) is 40.6 Å². The van der Waals surface area contributed by atoms with Crippen molar-refractivity contribution >= 4 is 49.6 Å². The van der Waals surface area contributed by atoms with Crippen molar-refractivity contribution in [2.45, 2.75) is 18.4 Å². The van der Waals surface area contributed by atoms with Crippen LogP contribution in [0.1, 0.15) is 11.8 Å². The lowest BCUT2D eigenvalue weighted by molar-refractivity contribution is 0.599. The third kappa shape index (κ3) is 3.94. The fraction of sp³-hybridized carbons (Fsp3) is 0.231. The highest BCUT2D eigenvalue weighted by atomic mass is 127. The van der Waals surface area contributed by atoms with E-state index in [9.17, 15) is 8.42 Å². The Morgan fingerprint density at radius 2 is 2.10 bits per heavy atom. The zero-order chi connectivity index (χ0) is 14.6. The predicted molar refractivity (Wildman–Crippen MR) is 91.7 cm³/mol. The largest absolute Gasteiger partial charge is 0.312 e. The quantitative estimate of drug-likeness (QED) is 0.703. The van der Waals surface area contributed by atoms with E-state index in [0.717, 1.165) is 15.0 Å². The van der Waals surface area contributed by atoms with Gasteiger partial charge in [-0.2, -0.15) is 0 Å². The van der Waals surface area contributed by atoms with Gasteiger partial charge in [0.25, 0.3) is 10.0 Å². The molecule has 20 heavy (non-hydrogen) atoms. The fourth-order valence-corrected chi connectivity index (χ4v) is 4.70. The maximum Gasteiger partial charge on any atom is 0.263 e. The SMILES string of the molecule is CCNCc1sccc1S(=O)(=O)Nc1cccc(I)c1. The van der Waals surface area contributed by atoms with Gasteiger partial charge in [-0.25, -0.2) is 8.42 Å². The molecular formula is C13H15IN2O2S2. The number of anilines is 1. The van der Waals surface area contributed by atoms with Crippen LogP contribution in [0.4, 0.5) is 5.69 Å². The zero-order valence-electron chi connectivity index (χ0n) is 10.9. The maximum atomic E-state index is 12.4. The standard InChI is InChI=1S/C13H15IN2O2S2/c1-2-15-9-12-13(6-7-19-12)20(17,18)16-11-5-3-4-10(14)8-11/h3-8,15-16H,2,9H2,1H3. The Labute approximate surface area is 136 Å². The number of benzene rings is 1. The molecule has 0 fully saturated rings. The highest BCUT2D eigenvalue weighted by Gasteiger charge is 2.19. The minimum atomic E-state index is -3.53. The molecule has 1 aromatic carbocycles. The number of halogens is 1. The van der Waals surface area contributed by atoms with Crippen molar-refractivity contribution in [2.75, 3.05) is 11.3 Å². The van der Waals surface area contributed by atoms with Gasteiger partial charge in [0, 0.05) is 20.7 Å². The van der Waals surface area contributed by atoms with E-state index in [4.69, 9.17) is 0 Å². The van der Waals surface area contributed by atoms with Crippen molar-refractivity contribution in [2.24, 2.45) is 0 Å². The fourth-order valence-electron chi connectivity index (χ4n) is 1.70. The van der Waals surface area contributed by atoms with Gasteiger partial charge in [-0.15, -0.1) is 11.3 Å². The number of thiophene rings is 1. The van der Waals surface area contributed by atoms with Crippen LogP contribution < -0.4 is 10.0 Å². The average Bonchev–Trinajstić information content (AvgIpc) is 2.85. The molecule has 0 aliphatic carbocycles. The molecule has 0 saturated carbocycles. The summed E-state index contributed by atoms with van der Waals surface area (Å²) in [5.74, 6) is 0. The summed E-state index contributed by atoms with van der Waals surface area (Å²) in [7, 11) is -3.53. The van der Waals surface area contributed by atoms with Crippen molar-refractivity contribution in [3.63, 3.8) is 0 Å². The molecule has 0 spiro atoms. The second kappa shape index (κ2) is 6.88. The Morgan fingerprint density at radius 1 is 1.30 bits per heavy atom. The van der Waals surface area contributed by atoms with Gasteiger partial charge in [-0.05, 0) is 58.8 Å². The van der Waals surface area contributed by atoms with E-state index in [1.807, 2.05) is 19.1 Å². The summed E-state index contributed by atoms with van der Waals surface area (Å²) < 4.78 is 28.5. The van der Waals surface area contributed by atoms with Crippen molar-refractivity contribution in [3.05, 3.63) is 44.2 Å². The summed E-state index contributed by atoms with van der Waals surface area (Å²) in [5, 5.41) is 4.95. The van der Waals surface area contributed by atoms with Crippen LogP contribution >= 0.6 is 33.9 Å². The molecule has 0 saturated heterocycles. The van der Waals surface area contributed by atoms with E-state index < -0.39 is 10.0 Å². The molecule has 0 aliphatic rings. The molecule has 108 valence electrons. The van der Waals surface area contributed by atoms with Gasteiger partial charge in [0.2, 0.25) is 0 Å². The second-order valence-corrected chi connectivity index (χ2v) is 8.00. The van der Waals surface area contributed by atoms with E-state index in [-0.39, 0.29) is 0 Å². The van der Waals surface area contributed by atoms with Gasteiger partial charge >= 0.3 is 0 Å². The molecule has 0 unspecified atom stereocenters. The zero-order valence-corrected chi connectivity index (χ0v) is 14.7. The van der Waals surface area contributed by atoms with Gasteiger partial charge in [0.1, 0.15) is 4.90 Å². The number of rotatable bonds is 6. The molecule has 0 radical (unpaired) electrons. The first-order chi connectivity index (χ1) is 9.53. The lowest BCUT2D eigenvalue weighted by atomic mass is 10.3. The average molecular weight is 422 g/mol. The topological polar surface area (TPSA) is 58.2 Å². The molecule has 1 heterocycles. The van der Waals surface area contributed by atoms with Gasteiger partial charge in [0.15, 0.2) is 0 Å². The number of sulfonamides is 1. The van der Waals surface area contributed by atoms with Crippen LogP contribution in [-0.2, 0) is 16.6 Å². The summed E-state index contributed by atoms with van der Waals surface area (Å²) in [6.07, 6.45) is 0. The molecule has 0 bridgehead atoms. The minimum absolute atomic E-state index is 0.349. The first-order valence-corrected chi connectivity index (χ1v) is 9.52. The normalized spacial score (nSPS) is 11.5. The summed E-state index contributed by atoms with van der Waals surface area (Å²) in [6.45, 7) is 3.37. The number of nitrogens with one attached hydrogen (secondary N) is 2. The van der Waals surface area contributed by atoms with Crippen LogP contribution in [0.3, 0.4) is 0 Å². The Morgan fingerprint density at radius 3 is 2.80 bits per heavy atom. The van der Waals surface area contributed by atoms with Crippen LogP contribution in [0.2, 0.25) is 0 Å². The molecule has 7 heteroatoms. The third-order valence-corrected chi connectivity index (χ3v) is 5.79. The molecule has 2 aromatic rings. The molecule has 4 nitrogen and oxygen atoms in total. The lowest BCUT2D eigenvalue weighted by Crippen LogP contribution is -2.17. The van der Waals surface area contributed by atoms with Gasteiger partial charge < -0.3 is 5.32 Å². The van der Waals surface area contributed by atoms with Gasteiger partial charge in [0.05, 0.1) is 0 Å². The Bertz CT molecular complexity index is 683. The minimum Gasteiger partial charge on any atom is -0.312 e. The van der Waals surface area contributed by atoms with Crippen LogP contribution in [-0.4, -0.2) is 15.0 Å². The first kappa shape index (κ1) is 15.7. The summed E-state index contributed by atoms with van der Waals surface area (Å²) >= 11 is 3.60. The Hall–Kier alpha value is -0.640. The molecule has 2 N–H and O–H groups in total. The molecule has 0 amide bonds. The van der Waals surface area contributed by atoms with Crippen molar-refractivity contribution in [1.29, 1.82) is 0 Å². The molecular weight excluding hydrogens is 407 g/mol. The van der Waals surface area contributed by atoms with E-state index in [0.29, 0.717) is 17.1 Å². The number of hydrogen-bond donors (Lipinski definition) is 2. The number of hydrogen-bond acceptors (Lipinski definition) is 4. The summed E-state index contributed by atoms with van der Waals surface area (Å²) in [4.78, 5) is 1.17. The molecule has 1 aromatic heterocycles. The highest BCUT2D eigenvalue weighted by Crippen LogP contribution is 2.24. The summed E-state index contributed by atoms with van der Waals surface area (Å²) in [5.41, 5.74) is 0.581. The van der Waals surface area contributed by atoms with Crippen molar-refractivity contribution < 1.29 is 8.42 Å². The van der Waals surface area contributed by atoms with Gasteiger partial charge in [-0.1, -0.05) is 13.0 Å². The second-order valence-electron chi connectivity index (χ2n) is 4.10. The molecule has 0 aliphatic heterocycles. The highest BCUT2D eigenvalue weighted by molar-refractivity contribution is 14.1. The summed E-state index contributed by atoms with van der Waals surface area (Å²) in [6, 6.07) is 8.93. The van der Waals surface area contributed by atoms with Crippen molar-refractivity contribution in [3.8, 4) is 0 Å². The third-order valence-electron chi connectivity index (χ3n) is 2.61. The van der Waals surface area contributed by atoms with E-state index in [2.05, 4.69) is 32.6 Å². The molecule has 0 atom stereocenters. The maximum absolute atomic E-state index is 12.4. The van der Waals surface area contributed by atoms with E-state index >= 15 is 0 Å². The van der Waals surface area contributed by atoms with Crippen LogP contribution in [0.5, 0.6) is 0 Å². The van der Waals surface area contributed by atoms with Gasteiger partial charge in [-0.3, -0.25) is 4.72 Å². The molecule has 2 rings (SSSR count). The first-order valence-electron chi connectivity index (χ1n) is 6.08. The predicted octanol–water partition coefficient (Wildman–Crippen LogP) is 3.26. The van der Waals surface area contributed by atoms with Crippen LogP contribution in [0, 0.1) is 3.57 Å². The van der Waals surface area contributed by atoms with E-state index in [1.165, 1.54) is 11.3 Å². The van der Waals surface area contributed by atoms with Crippen LogP contribution in [0.25, 0.3) is 0 Å². The van der Waals surface area contributed by atoms with E-state index in [1.54, 1.807) is 23.6 Å².